The molecule has 0 radical (unpaired) electrons. The summed E-state index contributed by atoms with van der Waals surface area (Å²) in [6, 6.07) is 0. The van der Waals surface area contributed by atoms with Crippen LogP contribution >= 0.6 is 0 Å². The van der Waals surface area contributed by atoms with Crippen molar-refractivity contribution < 1.29 is 0 Å². The van der Waals surface area contributed by atoms with Gasteiger partial charge in [-0.2, -0.15) is 0 Å². The number of hydrogen-bond acceptors (Lipinski definition) is 1. The summed E-state index contributed by atoms with van der Waals surface area (Å²) in [6.45, 7) is 6.39. The highest BCUT2D eigenvalue weighted by Gasteiger charge is 2.04. The second-order valence-corrected chi connectivity index (χ2v) is 3.73. The van der Waals surface area contributed by atoms with Gasteiger partial charge < -0.3 is 0 Å². The zero-order chi connectivity index (χ0) is 11.1. The first kappa shape index (κ1) is 12.0. The van der Waals surface area contributed by atoms with Crippen molar-refractivity contribution in [2.75, 3.05) is 0 Å². The molecule has 0 bridgehead atoms. The Labute approximate surface area is 93.3 Å². The molecule has 1 heteroatoms. The van der Waals surface area contributed by atoms with Gasteiger partial charge in [-0.25, -0.2) is 0 Å². The number of allylic oxidation sites excluding steroid dienone is 5. The Kier molecular flexibility index (Phi) is 5.09. The summed E-state index contributed by atoms with van der Waals surface area (Å²) in [4.78, 5) is 4.48. The lowest BCUT2D eigenvalue weighted by molar-refractivity contribution is 0.942. The van der Waals surface area contributed by atoms with Gasteiger partial charge in [-0.1, -0.05) is 37.6 Å². The van der Waals surface area contributed by atoms with Gasteiger partial charge in [0.15, 0.2) is 0 Å². The van der Waals surface area contributed by atoms with Crippen molar-refractivity contribution in [3.8, 4) is 0 Å². The van der Waals surface area contributed by atoms with Gasteiger partial charge in [0.05, 0.1) is 0 Å². The Morgan fingerprint density at radius 3 is 2.67 bits per heavy atom. The molecule has 15 heavy (non-hydrogen) atoms. The van der Waals surface area contributed by atoms with Gasteiger partial charge in [0.2, 0.25) is 0 Å². The molecule has 0 saturated carbocycles. The monoisotopic (exact) mass is 203 g/mol. The number of hydrogen-bond donors (Lipinski definition) is 0. The number of aliphatic imine (C=N–C) groups is 1. The molecule has 1 aliphatic carbocycles. The predicted molar refractivity (Wildman–Crippen MR) is 68.2 cm³/mol. The first-order valence-electron chi connectivity index (χ1n) is 5.86. The summed E-state index contributed by atoms with van der Waals surface area (Å²) in [5.41, 5.74) is 4.15. The molecular weight excluding hydrogens is 182 g/mol. The summed E-state index contributed by atoms with van der Waals surface area (Å²) in [5, 5.41) is 0. The van der Waals surface area contributed by atoms with E-state index in [-0.39, 0.29) is 0 Å². The molecule has 0 aliphatic heterocycles. The minimum atomic E-state index is 0.987. The fraction of sp³-hybridized carbons (Fsp3) is 0.500. The molecule has 0 amide bonds. The lowest BCUT2D eigenvalue weighted by atomic mass is 10.00. The summed E-state index contributed by atoms with van der Waals surface area (Å²) in [6.07, 6.45) is 13.0. The molecule has 0 unspecified atom stereocenters. The van der Waals surface area contributed by atoms with Gasteiger partial charge in [-0.05, 0) is 31.8 Å². The number of nitrogens with zero attached hydrogens (tertiary/aromatic N) is 1. The van der Waals surface area contributed by atoms with Crippen LogP contribution in [0.4, 0.5) is 0 Å². The Bertz CT molecular complexity index is 316. The lowest BCUT2D eigenvalue weighted by Gasteiger charge is -2.10. The van der Waals surface area contributed by atoms with E-state index in [0.29, 0.717) is 0 Å². The second kappa shape index (κ2) is 6.39. The van der Waals surface area contributed by atoms with Gasteiger partial charge >= 0.3 is 0 Å². The van der Waals surface area contributed by atoms with Crippen LogP contribution in [0.25, 0.3) is 0 Å². The maximum absolute atomic E-state index is 4.48. The second-order valence-electron chi connectivity index (χ2n) is 3.73. The van der Waals surface area contributed by atoms with E-state index in [1.165, 1.54) is 16.8 Å². The van der Waals surface area contributed by atoms with Crippen molar-refractivity contribution >= 4 is 6.21 Å². The van der Waals surface area contributed by atoms with Crippen LogP contribution in [-0.4, -0.2) is 6.21 Å². The maximum Gasteiger partial charge on any atom is 0.0432 e. The van der Waals surface area contributed by atoms with E-state index in [1.54, 1.807) is 0 Å². The normalized spacial score (nSPS) is 24.9. The highest BCUT2D eigenvalue weighted by molar-refractivity contribution is 5.55. The van der Waals surface area contributed by atoms with E-state index < -0.39 is 0 Å². The zero-order valence-corrected chi connectivity index (χ0v) is 10.1. The Morgan fingerprint density at radius 1 is 1.27 bits per heavy atom. The van der Waals surface area contributed by atoms with E-state index in [2.05, 4.69) is 37.1 Å². The highest BCUT2D eigenvalue weighted by atomic mass is 14.7. The van der Waals surface area contributed by atoms with Crippen LogP contribution in [0.5, 0.6) is 0 Å². The molecule has 1 nitrogen and oxygen atoms in total. The molecule has 0 N–H and O–H groups in total. The fourth-order valence-electron chi connectivity index (χ4n) is 1.82. The van der Waals surface area contributed by atoms with Crippen LogP contribution < -0.4 is 0 Å². The van der Waals surface area contributed by atoms with Gasteiger partial charge in [0.1, 0.15) is 0 Å². The van der Waals surface area contributed by atoms with Gasteiger partial charge in [-0.3, -0.25) is 4.99 Å². The molecule has 1 aliphatic rings. The van der Waals surface area contributed by atoms with Crippen molar-refractivity contribution in [3.63, 3.8) is 0 Å². The standard InChI is InChI=1S/C14H21N/c1-4-12-8-7-9-13(5-2)14(11-10-12)15-6-3/h6-8,10H,4-5,9,11H2,1-3H3/b8-7-,12-10?,14-13+,15-6?. The Balaban J connectivity index is 2.95. The van der Waals surface area contributed by atoms with E-state index >= 15 is 0 Å². The molecule has 0 atom stereocenters. The van der Waals surface area contributed by atoms with Crippen LogP contribution in [-0.2, 0) is 0 Å². The third kappa shape index (κ3) is 3.50. The fourth-order valence-corrected chi connectivity index (χ4v) is 1.82. The summed E-state index contributed by atoms with van der Waals surface area (Å²) in [5.74, 6) is 0. The van der Waals surface area contributed by atoms with Gasteiger partial charge in [0, 0.05) is 18.3 Å². The van der Waals surface area contributed by atoms with Crippen molar-refractivity contribution in [1.29, 1.82) is 0 Å². The van der Waals surface area contributed by atoms with Crippen LogP contribution in [0.15, 0.2) is 40.1 Å². The molecule has 0 heterocycles. The first-order chi connectivity index (χ1) is 7.31. The Hall–Kier alpha value is -1.11. The summed E-state index contributed by atoms with van der Waals surface area (Å²) in [7, 11) is 0. The zero-order valence-electron chi connectivity index (χ0n) is 10.1. The average molecular weight is 203 g/mol. The van der Waals surface area contributed by atoms with E-state index in [1.807, 2.05) is 13.1 Å². The molecule has 0 aromatic heterocycles. The third-order valence-electron chi connectivity index (χ3n) is 2.78. The SMILES string of the molecule is CC=N/C1=C(\CC)C/C=C\C(CC)=CC1. The topological polar surface area (TPSA) is 12.4 Å². The first-order valence-corrected chi connectivity index (χ1v) is 5.86. The molecule has 82 valence electrons. The summed E-state index contributed by atoms with van der Waals surface area (Å²) < 4.78 is 0. The van der Waals surface area contributed by atoms with Crippen molar-refractivity contribution in [1.82, 2.24) is 0 Å². The van der Waals surface area contributed by atoms with Crippen molar-refractivity contribution in [3.05, 3.63) is 35.1 Å². The van der Waals surface area contributed by atoms with Crippen LogP contribution in [0.2, 0.25) is 0 Å². The van der Waals surface area contributed by atoms with Gasteiger partial charge in [0.25, 0.3) is 0 Å². The smallest absolute Gasteiger partial charge is 0.0432 e. The van der Waals surface area contributed by atoms with Crippen LogP contribution in [0.3, 0.4) is 0 Å². The largest absolute Gasteiger partial charge is 0.266 e. The maximum atomic E-state index is 4.48. The third-order valence-corrected chi connectivity index (χ3v) is 2.78. The minimum absolute atomic E-state index is 0.987. The van der Waals surface area contributed by atoms with Crippen molar-refractivity contribution in [2.24, 2.45) is 4.99 Å². The minimum Gasteiger partial charge on any atom is -0.266 e. The molecule has 1 rings (SSSR count). The Morgan fingerprint density at radius 2 is 2.07 bits per heavy atom. The molecule has 0 aromatic rings. The van der Waals surface area contributed by atoms with E-state index in [9.17, 15) is 0 Å². The lowest BCUT2D eigenvalue weighted by Crippen LogP contribution is -1.92. The molecule has 0 saturated heterocycles. The summed E-state index contributed by atoms with van der Waals surface area (Å²) >= 11 is 0. The van der Waals surface area contributed by atoms with E-state index in [0.717, 1.165) is 25.7 Å². The average Bonchev–Trinajstić information content (AvgIpc) is 2.23. The molecule has 0 fully saturated rings. The number of rotatable bonds is 3. The van der Waals surface area contributed by atoms with Gasteiger partial charge in [-0.15, -0.1) is 0 Å². The quantitative estimate of drug-likeness (QED) is 0.602. The molecule has 0 aromatic carbocycles. The van der Waals surface area contributed by atoms with Crippen LogP contribution in [0.1, 0.15) is 46.5 Å². The van der Waals surface area contributed by atoms with Crippen LogP contribution in [0, 0.1) is 0 Å². The highest BCUT2D eigenvalue weighted by Crippen LogP contribution is 2.22. The predicted octanol–water partition coefficient (Wildman–Crippen LogP) is 4.43. The molecule has 0 spiro atoms. The van der Waals surface area contributed by atoms with E-state index in [4.69, 9.17) is 0 Å². The molecular formula is C14H21N. The van der Waals surface area contributed by atoms with Crippen molar-refractivity contribution in [2.45, 2.75) is 46.5 Å².